The highest BCUT2D eigenvalue weighted by molar-refractivity contribution is 7.99. The summed E-state index contributed by atoms with van der Waals surface area (Å²) in [7, 11) is 0. The van der Waals surface area contributed by atoms with E-state index in [1.165, 1.54) is 0 Å². The van der Waals surface area contributed by atoms with Crippen LogP contribution in [0, 0.1) is 0 Å². The predicted molar refractivity (Wildman–Crippen MR) is 83.5 cm³/mol. The van der Waals surface area contributed by atoms with Crippen LogP contribution in [0.2, 0.25) is 5.02 Å². The Balaban J connectivity index is 2.18. The number of hydrogen-bond donors (Lipinski definition) is 2. The highest BCUT2D eigenvalue weighted by Gasteiger charge is 2.17. The summed E-state index contributed by atoms with van der Waals surface area (Å²) < 4.78 is 5.83. The van der Waals surface area contributed by atoms with E-state index < -0.39 is 0 Å². The van der Waals surface area contributed by atoms with Gasteiger partial charge in [-0.3, -0.25) is 5.84 Å². The molecule has 2 atom stereocenters. The van der Waals surface area contributed by atoms with Gasteiger partial charge in [-0.2, -0.15) is 11.8 Å². The second kappa shape index (κ2) is 6.66. The zero-order valence-corrected chi connectivity index (χ0v) is 12.7. The topological polar surface area (TPSA) is 51.2 Å². The lowest BCUT2D eigenvalue weighted by atomic mass is 10.2. The number of halogens is 1. The average Bonchev–Trinajstić information content (AvgIpc) is 2.84. The Kier molecular flexibility index (Phi) is 5.16. The van der Waals surface area contributed by atoms with Crippen molar-refractivity contribution in [2.24, 2.45) is 5.84 Å². The van der Waals surface area contributed by atoms with Gasteiger partial charge in [-0.15, -0.1) is 0 Å². The molecule has 0 amide bonds. The van der Waals surface area contributed by atoms with E-state index in [1.807, 2.05) is 36.0 Å². The van der Waals surface area contributed by atoms with Gasteiger partial charge >= 0.3 is 0 Å². The van der Waals surface area contributed by atoms with Crippen molar-refractivity contribution in [3.8, 4) is 0 Å². The predicted octanol–water partition coefficient (Wildman–Crippen LogP) is 4.12. The Hall–Kier alpha value is -0.680. The van der Waals surface area contributed by atoms with Gasteiger partial charge in [0, 0.05) is 16.4 Å². The Labute approximate surface area is 122 Å². The van der Waals surface area contributed by atoms with Crippen molar-refractivity contribution in [2.75, 3.05) is 5.75 Å². The summed E-state index contributed by atoms with van der Waals surface area (Å²) in [5, 5.41) is 2.26. The maximum absolute atomic E-state index is 6.12. The first-order valence-electron chi connectivity index (χ1n) is 6.41. The molecule has 2 aromatic rings. The van der Waals surface area contributed by atoms with Crippen LogP contribution in [-0.4, -0.2) is 11.0 Å². The van der Waals surface area contributed by atoms with Crippen LogP contribution in [-0.2, 0) is 0 Å². The number of hydrazine groups is 1. The lowest BCUT2D eigenvalue weighted by molar-refractivity contribution is 0.463. The van der Waals surface area contributed by atoms with E-state index in [1.54, 1.807) is 0 Å². The van der Waals surface area contributed by atoms with Gasteiger partial charge in [0.25, 0.3) is 0 Å². The van der Waals surface area contributed by atoms with Crippen molar-refractivity contribution >= 4 is 34.3 Å². The summed E-state index contributed by atoms with van der Waals surface area (Å²) in [6.45, 7) is 4.40. The molecule has 104 valence electrons. The largest absolute Gasteiger partial charge is 0.458 e. The van der Waals surface area contributed by atoms with Gasteiger partial charge in [-0.05, 0) is 18.6 Å². The van der Waals surface area contributed by atoms with Crippen LogP contribution in [0.25, 0.3) is 11.0 Å². The molecule has 19 heavy (non-hydrogen) atoms. The van der Waals surface area contributed by atoms with Crippen molar-refractivity contribution < 1.29 is 4.42 Å². The van der Waals surface area contributed by atoms with Crippen molar-refractivity contribution in [1.82, 2.24) is 5.43 Å². The normalized spacial score (nSPS) is 14.7. The Morgan fingerprint density at radius 2 is 2.26 bits per heavy atom. The molecule has 0 aliphatic rings. The molecule has 0 saturated carbocycles. The van der Waals surface area contributed by atoms with Crippen LogP contribution < -0.4 is 11.3 Å². The van der Waals surface area contributed by atoms with Crippen LogP contribution in [0.5, 0.6) is 0 Å². The number of para-hydroxylation sites is 1. The minimum Gasteiger partial charge on any atom is -0.458 e. The molecule has 1 aromatic heterocycles. The number of thioether (sulfide) groups is 1. The van der Waals surface area contributed by atoms with E-state index in [9.17, 15) is 0 Å². The van der Waals surface area contributed by atoms with Crippen LogP contribution in [0.15, 0.2) is 28.7 Å². The molecule has 0 aliphatic carbocycles. The third-order valence-corrected chi connectivity index (χ3v) is 4.91. The highest BCUT2D eigenvalue weighted by atomic mass is 35.5. The van der Waals surface area contributed by atoms with E-state index >= 15 is 0 Å². The van der Waals surface area contributed by atoms with Gasteiger partial charge in [0.05, 0.1) is 11.1 Å². The molecule has 2 rings (SSSR count). The smallest absolute Gasteiger partial charge is 0.152 e. The number of furan rings is 1. The molecule has 1 aromatic carbocycles. The summed E-state index contributed by atoms with van der Waals surface area (Å²) in [4.78, 5) is 0. The minimum atomic E-state index is 0.00228. The molecule has 1 heterocycles. The van der Waals surface area contributed by atoms with Gasteiger partial charge in [-0.25, -0.2) is 5.43 Å². The first-order chi connectivity index (χ1) is 9.15. The first-order valence-corrected chi connectivity index (χ1v) is 7.84. The number of benzene rings is 1. The van der Waals surface area contributed by atoms with Crippen LogP contribution >= 0.6 is 23.4 Å². The molecule has 3 N–H and O–H groups in total. The molecular weight excluding hydrogens is 280 g/mol. The molecule has 5 heteroatoms. The fraction of sp³-hybridized carbons (Fsp3) is 0.429. The zero-order valence-electron chi connectivity index (χ0n) is 11.2. The van der Waals surface area contributed by atoms with E-state index in [0.717, 1.165) is 28.9 Å². The fourth-order valence-corrected chi connectivity index (χ4v) is 3.05. The summed E-state index contributed by atoms with van der Waals surface area (Å²) in [6, 6.07) is 7.74. The van der Waals surface area contributed by atoms with E-state index in [4.69, 9.17) is 21.9 Å². The quantitative estimate of drug-likeness (QED) is 0.622. The Morgan fingerprint density at radius 3 is 2.89 bits per heavy atom. The standard InChI is InChI=1S/C14H19ClN2OS/c1-3-9(2)19-8-12(17-16)13-7-10-5-4-6-11(15)14(10)18-13/h4-7,9,12,17H,3,8,16H2,1-2H3. The van der Waals surface area contributed by atoms with Gasteiger partial charge in [0.1, 0.15) is 5.76 Å². The lowest BCUT2D eigenvalue weighted by Gasteiger charge is -2.15. The molecule has 0 saturated heterocycles. The third-order valence-electron chi connectivity index (χ3n) is 3.18. The van der Waals surface area contributed by atoms with Crippen LogP contribution in [0.4, 0.5) is 0 Å². The third kappa shape index (κ3) is 3.45. The molecule has 0 radical (unpaired) electrons. The van der Waals surface area contributed by atoms with Crippen molar-refractivity contribution in [1.29, 1.82) is 0 Å². The SMILES string of the molecule is CCC(C)SCC(NN)c1cc2cccc(Cl)c2o1. The Bertz CT molecular complexity index is 543. The van der Waals surface area contributed by atoms with Crippen molar-refractivity contribution in [3.63, 3.8) is 0 Å². The molecule has 0 fully saturated rings. The molecule has 0 spiro atoms. The van der Waals surface area contributed by atoms with Crippen molar-refractivity contribution in [3.05, 3.63) is 35.0 Å². The summed E-state index contributed by atoms with van der Waals surface area (Å²) in [5.74, 6) is 7.35. The minimum absolute atomic E-state index is 0.00228. The number of rotatable bonds is 6. The average molecular weight is 299 g/mol. The fourth-order valence-electron chi connectivity index (χ4n) is 1.81. The van der Waals surface area contributed by atoms with Crippen LogP contribution in [0.1, 0.15) is 32.1 Å². The van der Waals surface area contributed by atoms with Crippen molar-refractivity contribution in [2.45, 2.75) is 31.6 Å². The van der Waals surface area contributed by atoms with E-state index in [0.29, 0.717) is 10.3 Å². The molecule has 3 nitrogen and oxygen atoms in total. The lowest BCUT2D eigenvalue weighted by Crippen LogP contribution is -2.29. The number of fused-ring (bicyclic) bond motifs is 1. The molecule has 0 aliphatic heterocycles. The summed E-state index contributed by atoms with van der Waals surface area (Å²) >= 11 is 8.00. The summed E-state index contributed by atoms with van der Waals surface area (Å²) in [6.07, 6.45) is 1.15. The van der Waals surface area contributed by atoms with E-state index in [2.05, 4.69) is 19.3 Å². The summed E-state index contributed by atoms with van der Waals surface area (Å²) in [5.41, 5.74) is 3.55. The zero-order chi connectivity index (χ0) is 13.8. The van der Waals surface area contributed by atoms with Crippen LogP contribution in [0.3, 0.4) is 0 Å². The maximum Gasteiger partial charge on any atom is 0.152 e. The Morgan fingerprint density at radius 1 is 1.47 bits per heavy atom. The first kappa shape index (κ1) is 14.7. The second-order valence-electron chi connectivity index (χ2n) is 4.58. The van der Waals surface area contributed by atoms with Gasteiger partial charge in [0.2, 0.25) is 0 Å². The molecular formula is C14H19ClN2OS. The molecule has 2 unspecified atom stereocenters. The monoisotopic (exact) mass is 298 g/mol. The maximum atomic E-state index is 6.12. The van der Waals surface area contributed by atoms with Gasteiger partial charge < -0.3 is 4.42 Å². The number of nitrogens with one attached hydrogen (secondary N) is 1. The second-order valence-corrected chi connectivity index (χ2v) is 6.46. The number of hydrogen-bond acceptors (Lipinski definition) is 4. The van der Waals surface area contributed by atoms with Gasteiger partial charge in [-0.1, -0.05) is 37.6 Å². The van der Waals surface area contributed by atoms with E-state index in [-0.39, 0.29) is 6.04 Å². The molecule has 0 bridgehead atoms. The highest BCUT2D eigenvalue weighted by Crippen LogP contribution is 2.31. The number of nitrogens with two attached hydrogens (primary N) is 1. The van der Waals surface area contributed by atoms with Gasteiger partial charge in [0.15, 0.2) is 5.58 Å².